The Morgan fingerprint density at radius 2 is 1.53 bits per heavy atom. The molecule has 0 aromatic rings. The molecule has 0 atom stereocenters. The first-order chi connectivity index (χ1) is 7.25. The van der Waals surface area contributed by atoms with Crippen LogP contribution in [0.1, 0.15) is 59.3 Å². The second-order valence-corrected chi connectivity index (χ2v) is 3.50. The lowest BCUT2D eigenvalue weighted by Crippen LogP contribution is -2.29. The maximum atomic E-state index is 11.2. The van der Waals surface area contributed by atoms with Crippen molar-refractivity contribution in [3.8, 4) is 0 Å². The van der Waals surface area contributed by atoms with E-state index in [0.29, 0.717) is 19.4 Å². The molecule has 1 saturated heterocycles. The number of carbonyl (C=O) groups excluding carboxylic acids is 2. The topological polar surface area (TPSA) is 37.4 Å². The fraction of sp³-hybridized carbons (Fsp3) is 0.833. The number of hydrogen-bond donors (Lipinski definition) is 0. The number of likely N-dealkylation sites (tertiary alicyclic amines) is 1. The van der Waals surface area contributed by atoms with Crippen LogP contribution in [0.3, 0.4) is 0 Å². The molecular formula is C12H23NO2. The molecule has 0 aliphatic carbocycles. The first-order valence-corrected chi connectivity index (χ1v) is 6.09. The van der Waals surface area contributed by atoms with Crippen molar-refractivity contribution >= 4 is 11.8 Å². The van der Waals surface area contributed by atoms with E-state index < -0.39 is 0 Å². The number of unbranched alkanes of at least 4 members (excludes halogenated alkanes) is 3. The molecule has 0 unspecified atom stereocenters. The van der Waals surface area contributed by atoms with Gasteiger partial charge < -0.3 is 0 Å². The summed E-state index contributed by atoms with van der Waals surface area (Å²) in [7, 11) is 0. The molecule has 1 heterocycles. The van der Waals surface area contributed by atoms with Gasteiger partial charge in [0.15, 0.2) is 0 Å². The van der Waals surface area contributed by atoms with Crippen molar-refractivity contribution in [2.75, 3.05) is 6.54 Å². The number of carbonyl (C=O) groups is 2. The highest BCUT2D eigenvalue weighted by molar-refractivity contribution is 6.01. The molecule has 1 rings (SSSR count). The van der Waals surface area contributed by atoms with E-state index in [2.05, 4.69) is 6.92 Å². The molecule has 0 spiro atoms. The quantitative estimate of drug-likeness (QED) is 0.520. The predicted molar refractivity (Wildman–Crippen MR) is 61.4 cm³/mol. The molecule has 3 nitrogen and oxygen atoms in total. The van der Waals surface area contributed by atoms with Crippen LogP contribution < -0.4 is 0 Å². The number of rotatable bonds is 5. The van der Waals surface area contributed by atoms with Crippen molar-refractivity contribution < 1.29 is 9.59 Å². The van der Waals surface area contributed by atoms with Gasteiger partial charge in [0, 0.05) is 19.4 Å². The molecule has 1 aliphatic rings. The highest BCUT2D eigenvalue weighted by Crippen LogP contribution is 2.12. The van der Waals surface area contributed by atoms with Gasteiger partial charge in [-0.05, 0) is 6.42 Å². The van der Waals surface area contributed by atoms with E-state index >= 15 is 0 Å². The molecule has 0 saturated carbocycles. The van der Waals surface area contributed by atoms with E-state index in [9.17, 15) is 9.59 Å². The van der Waals surface area contributed by atoms with Crippen LogP contribution in [0.2, 0.25) is 0 Å². The van der Waals surface area contributed by atoms with Crippen molar-refractivity contribution in [1.29, 1.82) is 0 Å². The number of imide groups is 1. The minimum Gasteiger partial charge on any atom is -0.283 e. The lowest BCUT2D eigenvalue weighted by molar-refractivity contribution is -0.138. The summed E-state index contributed by atoms with van der Waals surface area (Å²) in [5.41, 5.74) is 0. The summed E-state index contributed by atoms with van der Waals surface area (Å²) < 4.78 is 0. The first-order valence-electron chi connectivity index (χ1n) is 6.09. The van der Waals surface area contributed by atoms with Crippen molar-refractivity contribution in [1.82, 2.24) is 4.90 Å². The van der Waals surface area contributed by atoms with E-state index in [-0.39, 0.29) is 11.8 Å². The highest BCUT2D eigenvalue weighted by Gasteiger charge is 2.27. The fourth-order valence-electron chi connectivity index (χ4n) is 1.57. The Morgan fingerprint density at radius 1 is 1.00 bits per heavy atom. The molecule has 1 aliphatic heterocycles. The van der Waals surface area contributed by atoms with Gasteiger partial charge in [0.25, 0.3) is 0 Å². The lowest BCUT2D eigenvalue weighted by Gasteiger charge is -2.12. The molecular weight excluding hydrogens is 190 g/mol. The van der Waals surface area contributed by atoms with Crippen LogP contribution in [0.15, 0.2) is 0 Å². The minimum atomic E-state index is 0.0153. The van der Waals surface area contributed by atoms with Crippen LogP contribution in [-0.4, -0.2) is 23.3 Å². The van der Waals surface area contributed by atoms with Gasteiger partial charge in [-0.25, -0.2) is 0 Å². The van der Waals surface area contributed by atoms with Gasteiger partial charge >= 0.3 is 0 Å². The van der Waals surface area contributed by atoms with Gasteiger partial charge in [0.1, 0.15) is 0 Å². The summed E-state index contributed by atoms with van der Waals surface area (Å²) in [6, 6.07) is 0. The second kappa shape index (κ2) is 8.45. The molecule has 0 N–H and O–H groups in total. The summed E-state index contributed by atoms with van der Waals surface area (Å²) in [6.07, 6.45) is 5.30. The molecule has 3 heteroatoms. The Balaban J connectivity index is 0.000000921. The van der Waals surface area contributed by atoms with Gasteiger partial charge in [-0.2, -0.15) is 0 Å². The zero-order valence-corrected chi connectivity index (χ0v) is 10.2. The van der Waals surface area contributed by atoms with Gasteiger partial charge in [-0.1, -0.05) is 40.0 Å². The maximum Gasteiger partial charge on any atom is 0.229 e. The van der Waals surface area contributed by atoms with Crippen LogP contribution in [0.25, 0.3) is 0 Å². The molecule has 0 aromatic carbocycles. The minimum absolute atomic E-state index is 0.0153. The van der Waals surface area contributed by atoms with E-state index in [1.165, 1.54) is 17.7 Å². The zero-order valence-electron chi connectivity index (χ0n) is 10.2. The van der Waals surface area contributed by atoms with Crippen LogP contribution in [0, 0.1) is 0 Å². The van der Waals surface area contributed by atoms with Crippen molar-refractivity contribution in [2.24, 2.45) is 0 Å². The fourth-order valence-corrected chi connectivity index (χ4v) is 1.57. The SMILES string of the molecule is CC.CCCCCCN1C(=O)CCC1=O. The van der Waals surface area contributed by atoms with Crippen LogP contribution in [0.4, 0.5) is 0 Å². The third-order valence-corrected chi connectivity index (χ3v) is 2.39. The molecule has 2 amide bonds. The Kier molecular flexibility index (Phi) is 7.96. The standard InChI is InChI=1S/C10H17NO2.C2H6/c1-2-3-4-5-8-11-9(12)6-7-10(11)13;1-2/h2-8H2,1H3;1-2H3. The van der Waals surface area contributed by atoms with Crippen molar-refractivity contribution in [3.05, 3.63) is 0 Å². The molecule has 0 radical (unpaired) electrons. The summed E-state index contributed by atoms with van der Waals surface area (Å²) in [5, 5.41) is 0. The Hall–Kier alpha value is -0.860. The van der Waals surface area contributed by atoms with Crippen molar-refractivity contribution in [2.45, 2.75) is 59.3 Å². The monoisotopic (exact) mass is 213 g/mol. The summed E-state index contributed by atoms with van der Waals surface area (Å²) in [5.74, 6) is 0.0306. The van der Waals surface area contributed by atoms with Crippen LogP contribution in [-0.2, 0) is 9.59 Å². The van der Waals surface area contributed by atoms with E-state index in [1.54, 1.807) is 0 Å². The predicted octanol–water partition coefficient (Wildman–Crippen LogP) is 2.74. The van der Waals surface area contributed by atoms with E-state index in [0.717, 1.165) is 12.8 Å². The second-order valence-electron chi connectivity index (χ2n) is 3.50. The number of nitrogens with zero attached hydrogens (tertiary/aromatic N) is 1. The smallest absolute Gasteiger partial charge is 0.229 e. The normalized spacial score (nSPS) is 15.3. The van der Waals surface area contributed by atoms with Gasteiger partial charge in [-0.15, -0.1) is 0 Å². The molecule has 15 heavy (non-hydrogen) atoms. The highest BCUT2D eigenvalue weighted by atomic mass is 16.2. The average molecular weight is 213 g/mol. The molecule has 0 aromatic heterocycles. The maximum absolute atomic E-state index is 11.2. The molecule has 1 fully saturated rings. The average Bonchev–Trinajstić information content (AvgIpc) is 2.58. The summed E-state index contributed by atoms with van der Waals surface area (Å²) in [6.45, 7) is 6.78. The zero-order chi connectivity index (χ0) is 11.7. The summed E-state index contributed by atoms with van der Waals surface area (Å²) in [4.78, 5) is 23.7. The Morgan fingerprint density at radius 3 is 2.00 bits per heavy atom. The number of amides is 2. The first kappa shape index (κ1) is 14.1. The van der Waals surface area contributed by atoms with E-state index in [4.69, 9.17) is 0 Å². The van der Waals surface area contributed by atoms with Crippen LogP contribution >= 0.6 is 0 Å². The lowest BCUT2D eigenvalue weighted by atomic mass is 10.2. The third kappa shape index (κ3) is 4.96. The largest absolute Gasteiger partial charge is 0.283 e. The van der Waals surface area contributed by atoms with Gasteiger partial charge in [-0.3, -0.25) is 14.5 Å². The Bertz CT molecular complexity index is 186. The third-order valence-electron chi connectivity index (χ3n) is 2.39. The summed E-state index contributed by atoms with van der Waals surface area (Å²) >= 11 is 0. The van der Waals surface area contributed by atoms with E-state index in [1.807, 2.05) is 13.8 Å². The van der Waals surface area contributed by atoms with Gasteiger partial charge in [0.2, 0.25) is 11.8 Å². The molecule has 88 valence electrons. The Labute approximate surface area is 92.8 Å². The number of hydrogen-bond acceptors (Lipinski definition) is 2. The van der Waals surface area contributed by atoms with Crippen LogP contribution in [0.5, 0.6) is 0 Å². The van der Waals surface area contributed by atoms with Crippen molar-refractivity contribution in [3.63, 3.8) is 0 Å². The van der Waals surface area contributed by atoms with Gasteiger partial charge in [0.05, 0.1) is 0 Å². The molecule has 0 bridgehead atoms.